The molecule has 0 aliphatic carbocycles. The van der Waals surface area contributed by atoms with Gasteiger partial charge in [0.2, 0.25) is 5.91 Å². The van der Waals surface area contributed by atoms with Crippen molar-refractivity contribution in [3.8, 4) is 0 Å². The number of nitrogens with one attached hydrogen (secondary N) is 1. The molecule has 0 spiro atoms. The molecule has 2 aromatic heterocycles. The highest BCUT2D eigenvalue weighted by Gasteiger charge is 2.25. The number of aromatic nitrogens is 1. The molecule has 0 bridgehead atoms. The molecule has 0 radical (unpaired) electrons. The topological polar surface area (TPSA) is 45.2 Å². The summed E-state index contributed by atoms with van der Waals surface area (Å²) >= 11 is 3.53. The number of fused-ring (bicyclic) bond motifs is 2. The molecule has 26 heavy (non-hydrogen) atoms. The van der Waals surface area contributed by atoms with Crippen LogP contribution in [0.15, 0.2) is 29.6 Å². The van der Waals surface area contributed by atoms with Crippen molar-refractivity contribution < 1.29 is 4.79 Å². The van der Waals surface area contributed by atoms with E-state index in [9.17, 15) is 4.79 Å². The average Bonchev–Trinajstić information content (AvgIpc) is 3.26. The Labute approximate surface area is 161 Å². The lowest BCUT2D eigenvalue weighted by molar-refractivity contribution is -0.132. The number of thiazole rings is 1. The number of rotatable bonds is 4. The number of carbonyl (C=O) groups excluding carboxylic acids is 1. The van der Waals surface area contributed by atoms with Crippen LogP contribution in [0.1, 0.15) is 42.1 Å². The Balaban J connectivity index is 1.46. The van der Waals surface area contributed by atoms with Crippen molar-refractivity contribution >= 4 is 44.5 Å². The number of nitrogens with zero attached hydrogens (tertiary/aromatic N) is 2. The van der Waals surface area contributed by atoms with Crippen molar-refractivity contribution in [1.82, 2.24) is 9.88 Å². The van der Waals surface area contributed by atoms with Crippen LogP contribution in [0.5, 0.6) is 0 Å². The highest BCUT2D eigenvalue weighted by atomic mass is 32.1. The fraction of sp³-hybridized carbons (Fsp3) is 0.400. The standard InChI is InChI=1S/C20H23N3OS2/c1-12(2)19-22-16-5-4-15(10-18(16)26-19)21-13(3)20(24)23-8-6-17-14(11-23)7-9-25-17/h4-5,7,9-10,12-13,21H,6,8,11H2,1-3H3. The Morgan fingerprint density at radius 1 is 1.27 bits per heavy atom. The zero-order valence-electron chi connectivity index (χ0n) is 15.3. The maximum absolute atomic E-state index is 12.8. The minimum atomic E-state index is -0.245. The number of benzene rings is 1. The van der Waals surface area contributed by atoms with Gasteiger partial charge < -0.3 is 10.2 Å². The van der Waals surface area contributed by atoms with Gasteiger partial charge in [-0.25, -0.2) is 4.98 Å². The second-order valence-corrected chi connectivity index (χ2v) is 9.20. The van der Waals surface area contributed by atoms with E-state index in [1.165, 1.54) is 15.1 Å². The number of hydrogen-bond acceptors (Lipinski definition) is 5. The van der Waals surface area contributed by atoms with E-state index in [0.29, 0.717) is 5.92 Å². The van der Waals surface area contributed by atoms with E-state index in [-0.39, 0.29) is 11.9 Å². The molecule has 0 fully saturated rings. The SMILES string of the molecule is CC(Nc1ccc2nc(C(C)C)sc2c1)C(=O)N1CCc2sccc2C1. The van der Waals surface area contributed by atoms with Gasteiger partial charge in [-0.3, -0.25) is 4.79 Å². The molecule has 4 rings (SSSR count). The molecule has 0 saturated heterocycles. The quantitative estimate of drug-likeness (QED) is 0.697. The van der Waals surface area contributed by atoms with Crippen molar-refractivity contribution in [2.24, 2.45) is 0 Å². The van der Waals surface area contributed by atoms with E-state index >= 15 is 0 Å². The minimum Gasteiger partial charge on any atom is -0.374 e. The summed E-state index contributed by atoms with van der Waals surface area (Å²) in [6.45, 7) is 7.81. The predicted molar refractivity (Wildman–Crippen MR) is 110 cm³/mol. The number of hydrogen-bond donors (Lipinski definition) is 1. The van der Waals surface area contributed by atoms with E-state index in [1.54, 1.807) is 22.7 Å². The van der Waals surface area contributed by atoms with Gasteiger partial charge in [-0.15, -0.1) is 22.7 Å². The molecule has 0 saturated carbocycles. The van der Waals surface area contributed by atoms with Crippen LogP contribution in [0, 0.1) is 0 Å². The Hall–Kier alpha value is -1.92. The molecule has 136 valence electrons. The Morgan fingerprint density at radius 2 is 2.12 bits per heavy atom. The first kappa shape index (κ1) is 17.5. The third-order valence-corrected chi connectivity index (χ3v) is 7.11. The second-order valence-electron chi connectivity index (χ2n) is 7.13. The molecule has 1 aliphatic heterocycles. The number of amides is 1. The normalized spacial score (nSPS) is 15.3. The van der Waals surface area contributed by atoms with Crippen LogP contribution in [0.2, 0.25) is 0 Å². The fourth-order valence-corrected chi connectivity index (χ4v) is 5.20. The first-order chi connectivity index (χ1) is 12.5. The smallest absolute Gasteiger partial charge is 0.245 e. The summed E-state index contributed by atoms with van der Waals surface area (Å²) in [5, 5.41) is 6.65. The van der Waals surface area contributed by atoms with Crippen LogP contribution < -0.4 is 5.32 Å². The summed E-state index contributed by atoms with van der Waals surface area (Å²) in [5.41, 5.74) is 3.31. The average molecular weight is 386 g/mol. The summed E-state index contributed by atoms with van der Waals surface area (Å²) in [7, 11) is 0. The van der Waals surface area contributed by atoms with E-state index < -0.39 is 0 Å². The first-order valence-corrected chi connectivity index (χ1v) is 10.7. The Kier molecular flexibility index (Phi) is 4.71. The zero-order valence-corrected chi connectivity index (χ0v) is 16.9. The van der Waals surface area contributed by atoms with Gasteiger partial charge in [-0.2, -0.15) is 0 Å². The first-order valence-electron chi connectivity index (χ1n) is 9.02. The van der Waals surface area contributed by atoms with Crippen molar-refractivity contribution in [3.63, 3.8) is 0 Å². The summed E-state index contributed by atoms with van der Waals surface area (Å²) < 4.78 is 1.17. The highest BCUT2D eigenvalue weighted by molar-refractivity contribution is 7.18. The summed E-state index contributed by atoms with van der Waals surface area (Å²) in [5.74, 6) is 0.597. The molecule has 4 nitrogen and oxygen atoms in total. The molecular formula is C20H23N3OS2. The second kappa shape index (κ2) is 7.00. The predicted octanol–water partition coefficient (Wildman–Crippen LogP) is 4.87. The third-order valence-electron chi connectivity index (χ3n) is 4.77. The molecule has 1 amide bonds. The zero-order chi connectivity index (χ0) is 18.3. The van der Waals surface area contributed by atoms with Crippen LogP contribution in [-0.2, 0) is 17.8 Å². The van der Waals surface area contributed by atoms with Gasteiger partial charge in [0, 0.05) is 29.6 Å². The van der Waals surface area contributed by atoms with Crippen molar-refractivity contribution in [3.05, 3.63) is 45.1 Å². The summed E-state index contributed by atoms with van der Waals surface area (Å²) in [6, 6.07) is 8.06. The Bertz CT molecular complexity index is 944. The van der Waals surface area contributed by atoms with Gasteiger partial charge in [-0.05, 0) is 48.6 Å². The molecule has 1 aromatic carbocycles. The fourth-order valence-electron chi connectivity index (χ4n) is 3.30. The van der Waals surface area contributed by atoms with Crippen molar-refractivity contribution in [2.45, 2.75) is 45.7 Å². The molecule has 1 atom stereocenters. The molecule has 1 unspecified atom stereocenters. The molecule has 1 aliphatic rings. The van der Waals surface area contributed by atoms with E-state index in [4.69, 9.17) is 0 Å². The van der Waals surface area contributed by atoms with Crippen LogP contribution in [0.25, 0.3) is 10.2 Å². The van der Waals surface area contributed by atoms with E-state index in [0.717, 1.165) is 35.7 Å². The summed E-state index contributed by atoms with van der Waals surface area (Å²) in [6.07, 6.45) is 0.969. The summed E-state index contributed by atoms with van der Waals surface area (Å²) in [4.78, 5) is 20.9. The molecule has 3 aromatic rings. The Morgan fingerprint density at radius 3 is 2.92 bits per heavy atom. The minimum absolute atomic E-state index is 0.161. The molecule has 3 heterocycles. The lowest BCUT2D eigenvalue weighted by Crippen LogP contribution is -2.43. The highest BCUT2D eigenvalue weighted by Crippen LogP contribution is 2.30. The molecule has 1 N–H and O–H groups in total. The maximum atomic E-state index is 12.8. The van der Waals surface area contributed by atoms with Gasteiger partial charge in [0.15, 0.2) is 0 Å². The monoisotopic (exact) mass is 385 g/mol. The van der Waals surface area contributed by atoms with Gasteiger partial charge >= 0.3 is 0 Å². The van der Waals surface area contributed by atoms with Crippen LogP contribution in [0.4, 0.5) is 5.69 Å². The molecular weight excluding hydrogens is 362 g/mol. The van der Waals surface area contributed by atoms with E-state index in [1.807, 2.05) is 24.0 Å². The number of anilines is 1. The van der Waals surface area contributed by atoms with Crippen LogP contribution in [0.3, 0.4) is 0 Å². The largest absolute Gasteiger partial charge is 0.374 e. The van der Waals surface area contributed by atoms with Gasteiger partial charge in [-0.1, -0.05) is 13.8 Å². The van der Waals surface area contributed by atoms with Gasteiger partial charge in [0.05, 0.1) is 15.2 Å². The number of thiophene rings is 1. The lowest BCUT2D eigenvalue weighted by atomic mass is 10.1. The maximum Gasteiger partial charge on any atom is 0.245 e. The third kappa shape index (κ3) is 3.35. The lowest BCUT2D eigenvalue weighted by Gasteiger charge is -2.30. The molecule has 6 heteroatoms. The van der Waals surface area contributed by atoms with Crippen LogP contribution in [-0.4, -0.2) is 28.4 Å². The van der Waals surface area contributed by atoms with E-state index in [2.05, 4.69) is 41.7 Å². The van der Waals surface area contributed by atoms with Gasteiger partial charge in [0.1, 0.15) is 6.04 Å². The van der Waals surface area contributed by atoms with Crippen molar-refractivity contribution in [2.75, 3.05) is 11.9 Å². The van der Waals surface area contributed by atoms with Gasteiger partial charge in [0.25, 0.3) is 0 Å². The van der Waals surface area contributed by atoms with Crippen molar-refractivity contribution in [1.29, 1.82) is 0 Å². The van der Waals surface area contributed by atoms with Crippen LogP contribution >= 0.6 is 22.7 Å². The number of carbonyl (C=O) groups is 1.